The fourth-order valence-corrected chi connectivity index (χ4v) is 1.41. The average Bonchev–Trinajstić information content (AvgIpc) is 2.35. The molecule has 1 rings (SSSR count). The highest BCUT2D eigenvalue weighted by Crippen LogP contribution is 2.12. The molecule has 0 aliphatic heterocycles. The third-order valence-corrected chi connectivity index (χ3v) is 3.30. The summed E-state index contributed by atoms with van der Waals surface area (Å²) in [7, 11) is 0. The van der Waals surface area contributed by atoms with Crippen LogP contribution in [0.15, 0.2) is 24.3 Å². The molecule has 0 saturated heterocycles. The Morgan fingerprint density at radius 1 is 1.21 bits per heavy atom. The summed E-state index contributed by atoms with van der Waals surface area (Å²) < 4.78 is 5.50. The number of β-amino-alcohol motifs (C(OH)–C–C–N with tert-alkyl or cyclic N) is 1. The molecular formula is C15H25NO3. The van der Waals surface area contributed by atoms with Gasteiger partial charge in [-0.1, -0.05) is 17.7 Å². The Labute approximate surface area is 115 Å². The quantitative estimate of drug-likeness (QED) is 0.700. The van der Waals surface area contributed by atoms with Crippen LogP contribution in [0.3, 0.4) is 0 Å². The summed E-state index contributed by atoms with van der Waals surface area (Å²) in [6.07, 6.45) is -1.10. The number of rotatable bonds is 7. The van der Waals surface area contributed by atoms with E-state index in [1.165, 1.54) is 5.56 Å². The third kappa shape index (κ3) is 5.59. The first-order valence-electron chi connectivity index (χ1n) is 6.62. The molecule has 108 valence electrons. The number of aryl methyl sites for hydroxylation is 1. The molecule has 19 heavy (non-hydrogen) atoms. The van der Waals surface area contributed by atoms with Crippen molar-refractivity contribution < 1.29 is 14.9 Å². The van der Waals surface area contributed by atoms with Crippen molar-refractivity contribution in [3.8, 4) is 5.75 Å². The lowest BCUT2D eigenvalue weighted by Gasteiger charge is -2.30. The van der Waals surface area contributed by atoms with Crippen molar-refractivity contribution in [2.24, 2.45) is 0 Å². The van der Waals surface area contributed by atoms with Crippen molar-refractivity contribution >= 4 is 0 Å². The van der Waals surface area contributed by atoms with E-state index in [1.807, 2.05) is 45.0 Å². The molecule has 2 atom stereocenters. The highest BCUT2D eigenvalue weighted by Gasteiger charge is 2.24. The molecule has 0 radical (unpaired) electrons. The molecule has 3 N–H and O–H groups in total. The van der Waals surface area contributed by atoms with E-state index in [1.54, 1.807) is 6.92 Å². The summed E-state index contributed by atoms with van der Waals surface area (Å²) in [6.45, 7) is 8.13. The molecule has 1 aromatic rings. The first-order chi connectivity index (χ1) is 8.81. The van der Waals surface area contributed by atoms with E-state index >= 15 is 0 Å². The van der Waals surface area contributed by atoms with Gasteiger partial charge in [0.05, 0.1) is 6.10 Å². The lowest BCUT2D eigenvalue weighted by atomic mass is 9.99. The Morgan fingerprint density at radius 3 is 2.32 bits per heavy atom. The molecule has 0 saturated carbocycles. The fraction of sp³-hybridized carbons (Fsp3) is 0.600. The summed E-state index contributed by atoms with van der Waals surface area (Å²) >= 11 is 0. The van der Waals surface area contributed by atoms with Crippen LogP contribution in [0.2, 0.25) is 0 Å². The summed E-state index contributed by atoms with van der Waals surface area (Å²) in [4.78, 5) is 0. The van der Waals surface area contributed by atoms with Gasteiger partial charge in [-0.25, -0.2) is 0 Å². The Morgan fingerprint density at radius 2 is 1.79 bits per heavy atom. The number of benzene rings is 1. The molecule has 0 aromatic heterocycles. The lowest BCUT2D eigenvalue weighted by Crippen LogP contribution is -2.51. The number of hydrogen-bond donors (Lipinski definition) is 3. The molecule has 0 spiro atoms. The van der Waals surface area contributed by atoms with Crippen molar-refractivity contribution in [1.82, 2.24) is 5.32 Å². The maximum Gasteiger partial charge on any atom is 0.119 e. The summed E-state index contributed by atoms with van der Waals surface area (Å²) in [6, 6.07) is 7.71. The van der Waals surface area contributed by atoms with Crippen LogP contribution in [-0.2, 0) is 0 Å². The number of hydrogen-bond acceptors (Lipinski definition) is 4. The van der Waals surface area contributed by atoms with Crippen molar-refractivity contribution in [1.29, 1.82) is 0 Å². The van der Waals surface area contributed by atoms with Crippen molar-refractivity contribution in [3.05, 3.63) is 29.8 Å². The summed E-state index contributed by atoms with van der Waals surface area (Å²) in [5, 5.41) is 22.5. The van der Waals surface area contributed by atoms with Crippen LogP contribution in [0.4, 0.5) is 0 Å². The normalized spacial score (nSPS) is 15.1. The highest BCUT2D eigenvalue weighted by atomic mass is 16.5. The molecule has 0 bridgehead atoms. The van der Waals surface area contributed by atoms with Gasteiger partial charge in [-0.05, 0) is 39.8 Å². The van der Waals surface area contributed by atoms with E-state index in [9.17, 15) is 10.2 Å². The van der Waals surface area contributed by atoms with Gasteiger partial charge in [0.25, 0.3) is 0 Å². The molecule has 0 amide bonds. The van der Waals surface area contributed by atoms with Gasteiger partial charge in [0.1, 0.15) is 18.5 Å². The zero-order valence-corrected chi connectivity index (χ0v) is 12.2. The van der Waals surface area contributed by atoms with Crippen molar-refractivity contribution in [3.63, 3.8) is 0 Å². The van der Waals surface area contributed by atoms with Crippen LogP contribution in [0.5, 0.6) is 5.75 Å². The van der Waals surface area contributed by atoms with Crippen LogP contribution < -0.4 is 10.1 Å². The van der Waals surface area contributed by atoms with Gasteiger partial charge in [-0.15, -0.1) is 0 Å². The lowest BCUT2D eigenvalue weighted by molar-refractivity contribution is 0.0648. The number of aliphatic hydroxyl groups is 2. The SMILES string of the molecule is Cc1ccc(OCC(O)CNC(C)(C)C(C)O)cc1. The number of nitrogens with one attached hydrogen (secondary N) is 1. The van der Waals surface area contributed by atoms with E-state index in [4.69, 9.17) is 4.74 Å². The standard InChI is InChI=1S/C15H25NO3/c1-11-5-7-14(8-6-11)19-10-13(18)9-16-15(3,4)12(2)17/h5-8,12-13,16-18H,9-10H2,1-4H3. The van der Waals surface area contributed by atoms with E-state index < -0.39 is 17.7 Å². The van der Waals surface area contributed by atoms with Gasteiger partial charge in [0.15, 0.2) is 0 Å². The second-order valence-corrected chi connectivity index (χ2v) is 5.56. The molecule has 1 aromatic carbocycles. The van der Waals surface area contributed by atoms with Crippen LogP contribution >= 0.6 is 0 Å². The molecule has 0 aliphatic carbocycles. The Hall–Kier alpha value is -1.10. The number of ether oxygens (including phenoxy) is 1. The van der Waals surface area contributed by atoms with Crippen molar-refractivity contribution in [2.45, 2.75) is 45.4 Å². The largest absolute Gasteiger partial charge is 0.491 e. The van der Waals surface area contributed by atoms with Gasteiger partial charge >= 0.3 is 0 Å². The zero-order chi connectivity index (χ0) is 14.5. The van der Waals surface area contributed by atoms with Gasteiger partial charge < -0.3 is 20.3 Å². The highest BCUT2D eigenvalue weighted by molar-refractivity contribution is 5.26. The topological polar surface area (TPSA) is 61.7 Å². The van der Waals surface area contributed by atoms with Crippen LogP contribution in [0.25, 0.3) is 0 Å². The van der Waals surface area contributed by atoms with Gasteiger partial charge in [-0.2, -0.15) is 0 Å². The van der Waals surface area contributed by atoms with Crippen LogP contribution in [0.1, 0.15) is 26.3 Å². The molecule has 0 fully saturated rings. The van der Waals surface area contributed by atoms with E-state index in [0.717, 1.165) is 5.75 Å². The Kier molecular flexibility index (Phi) is 5.79. The molecular weight excluding hydrogens is 242 g/mol. The van der Waals surface area contributed by atoms with Crippen molar-refractivity contribution in [2.75, 3.05) is 13.2 Å². The second-order valence-electron chi connectivity index (χ2n) is 5.56. The van der Waals surface area contributed by atoms with Gasteiger partial charge in [0.2, 0.25) is 0 Å². The molecule has 4 heteroatoms. The van der Waals surface area contributed by atoms with Gasteiger partial charge in [-0.3, -0.25) is 0 Å². The minimum atomic E-state index is -0.612. The van der Waals surface area contributed by atoms with Gasteiger partial charge in [0, 0.05) is 12.1 Å². The zero-order valence-electron chi connectivity index (χ0n) is 12.2. The Bertz CT molecular complexity index is 373. The van der Waals surface area contributed by atoms with E-state index in [0.29, 0.717) is 6.54 Å². The Balaban J connectivity index is 2.32. The molecule has 0 aliphatic rings. The van der Waals surface area contributed by atoms with Crippen LogP contribution in [0, 0.1) is 6.92 Å². The minimum Gasteiger partial charge on any atom is -0.491 e. The van der Waals surface area contributed by atoms with Crippen LogP contribution in [-0.4, -0.2) is 41.1 Å². The predicted molar refractivity (Wildman–Crippen MR) is 76.4 cm³/mol. The first-order valence-corrected chi connectivity index (χ1v) is 6.62. The van der Waals surface area contributed by atoms with E-state index in [-0.39, 0.29) is 6.61 Å². The molecule has 2 unspecified atom stereocenters. The maximum atomic E-state index is 9.84. The average molecular weight is 267 g/mol. The first kappa shape index (κ1) is 16.0. The third-order valence-electron chi connectivity index (χ3n) is 3.30. The maximum absolute atomic E-state index is 9.84. The minimum absolute atomic E-state index is 0.228. The predicted octanol–water partition coefficient (Wildman–Crippen LogP) is 1.48. The molecule has 4 nitrogen and oxygen atoms in total. The number of aliphatic hydroxyl groups excluding tert-OH is 2. The molecule has 0 heterocycles. The summed E-state index contributed by atoms with van der Waals surface area (Å²) in [5.74, 6) is 0.749. The smallest absolute Gasteiger partial charge is 0.119 e. The second kappa shape index (κ2) is 6.89. The van der Waals surface area contributed by atoms with E-state index in [2.05, 4.69) is 5.32 Å². The monoisotopic (exact) mass is 267 g/mol. The fourth-order valence-electron chi connectivity index (χ4n) is 1.41. The summed E-state index contributed by atoms with van der Waals surface area (Å²) in [5.41, 5.74) is 0.749.